The highest BCUT2D eigenvalue weighted by Gasteiger charge is 2.24. The molecular formula is C14H22FN3. The molecule has 1 aromatic carbocycles. The lowest BCUT2D eigenvalue weighted by molar-refractivity contribution is 0.234. The number of nitrogens with two attached hydrogens (primary N) is 1. The maximum atomic E-state index is 13.9. The smallest absolute Gasteiger partial charge is 0.130 e. The van der Waals surface area contributed by atoms with Gasteiger partial charge in [0.25, 0.3) is 0 Å². The Morgan fingerprint density at radius 3 is 2.72 bits per heavy atom. The maximum Gasteiger partial charge on any atom is 0.130 e. The average Bonchev–Trinajstić information content (AvgIpc) is 2.32. The Morgan fingerprint density at radius 1 is 1.39 bits per heavy atom. The van der Waals surface area contributed by atoms with E-state index < -0.39 is 0 Å². The first-order valence-electron chi connectivity index (χ1n) is 6.50. The largest absolute Gasteiger partial charge is 0.368 e. The third kappa shape index (κ3) is 2.49. The van der Waals surface area contributed by atoms with Gasteiger partial charge >= 0.3 is 0 Å². The van der Waals surface area contributed by atoms with Crippen LogP contribution in [0.4, 0.5) is 10.1 Å². The first-order valence-corrected chi connectivity index (χ1v) is 6.50. The quantitative estimate of drug-likeness (QED) is 0.872. The Bertz CT molecular complexity index is 420. The minimum absolute atomic E-state index is 0.200. The summed E-state index contributed by atoms with van der Waals surface area (Å²) in [7, 11) is 2.13. The predicted molar refractivity (Wildman–Crippen MR) is 73.3 cm³/mol. The fraction of sp³-hybridized carbons (Fsp3) is 0.571. The average molecular weight is 251 g/mol. The number of hydrogen-bond donors (Lipinski definition) is 1. The molecule has 2 N–H and O–H groups in total. The van der Waals surface area contributed by atoms with Crippen molar-refractivity contribution in [3.05, 3.63) is 29.6 Å². The molecular weight excluding hydrogens is 229 g/mol. The van der Waals surface area contributed by atoms with Crippen molar-refractivity contribution in [3.8, 4) is 0 Å². The fourth-order valence-corrected chi connectivity index (χ4v) is 2.52. The minimum atomic E-state index is -0.281. The van der Waals surface area contributed by atoms with E-state index in [1.807, 2.05) is 13.0 Å². The molecule has 2 rings (SSSR count). The van der Waals surface area contributed by atoms with Gasteiger partial charge in [-0.15, -0.1) is 0 Å². The van der Waals surface area contributed by atoms with E-state index in [2.05, 4.69) is 23.8 Å². The van der Waals surface area contributed by atoms with E-state index in [4.69, 9.17) is 5.73 Å². The van der Waals surface area contributed by atoms with Gasteiger partial charge in [0.1, 0.15) is 5.82 Å². The molecule has 1 aliphatic heterocycles. The van der Waals surface area contributed by atoms with Crippen LogP contribution < -0.4 is 10.6 Å². The molecule has 2 atom stereocenters. The lowest BCUT2D eigenvalue weighted by atomic mass is 10.0. The van der Waals surface area contributed by atoms with Gasteiger partial charge in [-0.3, -0.25) is 0 Å². The van der Waals surface area contributed by atoms with E-state index in [1.165, 1.54) is 6.07 Å². The van der Waals surface area contributed by atoms with E-state index in [9.17, 15) is 4.39 Å². The van der Waals surface area contributed by atoms with Crippen LogP contribution in [0.25, 0.3) is 0 Å². The van der Waals surface area contributed by atoms with Gasteiger partial charge in [0.2, 0.25) is 0 Å². The van der Waals surface area contributed by atoms with Crippen molar-refractivity contribution < 1.29 is 4.39 Å². The molecule has 100 valence electrons. The minimum Gasteiger partial charge on any atom is -0.368 e. The van der Waals surface area contributed by atoms with Gasteiger partial charge in [-0.25, -0.2) is 4.39 Å². The Hall–Kier alpha value is -1.13. The zero-order chi connectivity index (χ0) is 13.3. The second-order valence-electron chi connectivity index (χ2n) is 5.24. The number of piperazine rings is 1. The van der Waals surface area contributed by atoms with Crippen molar-refractivity contribution >= 4 is 5.69 Å². The number of likely N-dealkylation sites (N-methyl/N-ethyl adjacent to an activating group) is 1. The predicted octanol–water partition coefficient (Wildman–Crippen LogP) is 1.99. The summed E-state index contributed by atoms with van der Waals surface area (Å²) in [5, 5.41) is 0. The Labute approximate surface area is 108 Å². The lowest BCUT2D eigenvalue weighted by Crippen LogP contribution is -2.50. The Kier molecular flexibility index (Phi) is 3.88. The van der Waals surface area contributed by atoms with Crippen molar-refractivity contribution in [2.24, 2.45) is 5.73 Å². The first kappa shape index (κ1) is 13.3. The standard InChI is InChI=1S/C14H22FN3/c1-10-9-18(8-7-17(10)3)13-6-4-5-12(15)14(13)11(2)16/h4-6,10-11H,7-9,16H2,1-3H3. The van der Waals surface area contributed by atoms with Gasteiger partial charge in [-0.05, 0) is 33.0 Å². The van der Waals surface area contributed by atoms with Gasteiger partial charge in [0, 0.05) is 43.0 Å². The van der Waals surface area contributed by atoms with Crippen molar-refractivity contribution in [1.29, 1.82) is 0 Å². The molecule has 0 bridgehead atoms. The van der Waals surface area contributed by atoms with Gasteiger partial charge in [-0.1, -0.05) is 6.07 Å². The summed E-state index contributed by atoms with van der Waals surface area (Å²) in [5.41, 5.74) is 7.49. The van der Waals surface area contributed by atoms with Crippen LogP contribution in [0.15, 0.2) is 18.2 Å². The summed E-state index contributed by atoms with van der Waals surface area (Å²) in [6.07, 6.45) is 0. The fourth-order valence-electron chi connectivity index (χ4n) is 2.52. The maximum absolute atomic E-state index is 13.9. The van der Waals surface area contributed by atoms with Crippen molar-refractivity contribution in [2.75, 3.05) is 31.6 Å². The molecule has 18 heavy (non-hydrogen) atoms. The molecule has 1 aromatic rings. The van der Waals surface area contributed by atoms with Crippen LogP contribution in [-0.4, -0.2) is 37.6 Å². The lowest BCUT2D eigenvalue weighted by Gasteiger charge is -2.40. The molecule has 0 saturated carbocycles. The molecule has 1 aliphatic rings. The second kappa shape index (κ2) is 5.24. The van der Waals surface area contributed by atoms with Gasteiger partial charge in [0.05, 0.1) is 0 Å². The number of benzene rings is 1. The van der Waals surface area contributed by atoms with E-state index in [1.54, 1.807) is 6.07 Å². The van der Waals surface area contributed by atoms with E-state index in [0.717, 1.165) is 25.3 Å². The highest BCUT2D eigenvalue weighted by atomic mass is 19.1. The molecule has 4 heteroatoms. The molecule has 1 saturated heterocycles. The van der Waals surface area contributed by atoms with Crippen LogP contribution in [-0.2, 0) is 0 Å². The van der Waals surface area contributed by atoms with Gasteiger partial charge < -0.3 is 15.5 Å². The zero-order valence-corrected chi connectivity index (χ0v) is 11.4. The molecule has 1 fully saturated rings. The highest BCUT2D eigenvalue weighted by Crippen LogP contribution is 2.29. The van der Waals surface area contributed by atoms with Crippen LogP contribution in [0.1, 0.15) is 25.5 Å². The molecule has 0 aromatic heterocycles. The van der Waals surface area contributed by atoms with Crippen LogP contribution >= 0.6 is 0 Å². The number of hydrogen-bond acceptors (Lipinski definition) is 3. The summed E-state index contributed by atoms with van der Waals surface area (Å²) in [5.74, 6) is -0.200. The summed E-state index contributed by atoms with van der Waals surface area (Å²) in [6.45, 7) is 6.86. The van der Waals surface area contributed by atoms with Gasteiger partial charge in [0.15, 0.2) is 0 Å². The summed E-state index contributed by atoms with van der Waals surface area (Å²) in [4.78, 5) is 4.56. The van der Waals surface area contributed by atoms with Crippen LogP contribution in [0, 0.1) is 5.82 Å². The van der Waals surface area contributed by atoms with Crippen LogP contribution in [0.3, 0.4) is 0 Å². The normalized spacial score (nSPS) is 23.2. The molecule has 0 spiro atoms. The summed E-state index contributed by atoms with van der Waals surface area (Å²) < 4.78 is 13.9. The summed E-state index contributed by atoms with van der Waals surface area (Å²) >= 11 is 0. The zero-order valence-electron chi connectivity index (χ0n) is 11.4. The van der Waals surface area contributed by atoms with E-state index in [-0.39, 0.29) is 11.9 Å². The highest BCUT2D eigenvalue weighted by molar-refractivity contribution is 5.56. The third-order valence-electron chi connectivity index (χ3n) is 3.79. The number of anilines is 1. The molecule has 0 amide bonds. The van der Waals surface area contributed by atoms with Gasteiger partial charge in [-0.2, -0.15) is 0 Å². The van der Waals surface area contributed by atoms with E-state index >= 15 is 0 Å². The van der Waals surface area contributed by atoms with Crippen molar-refractivity contribution in [3.63, 3.8) is 0 Å². The monoisotopic (exact) mass is 251 g/mol. The second-order valence-corrected chi connectivity index (χ2v) is 5.24. The molecule has 3 nitrogen and oxygen atoms in total. The number of nitrogens with zero attached hydrogens (tertiary/aromatic N) is 2. The molecule has 1 heterocycles. The Morgan fingerprint density at radius 2 is 2.11 bits per heavy atom. The SMILES string of the molecule is CC(N)c1c(F)cccc1N1CCN(C)C(C)C1. The molecule has 2 unspecified atom stereocenters. The van der Waals surface area contributed by atoms with E-state index in [0.29, 0.717) is 11.6 Å². The number of rotatable bonds is 2. The topological polar surface area (TPSA) is 32.5 Å². The molecule has 0 aliphatic carbocycles. The summed E-state index contributed by atoms with van der Waals surface area (Å²) in [6, 6.07) is 5.42. The van der Waals surface area contributed by atoms with Crippen LogP contribution in [0.5, 0.6) is 0 Å². The molecule has 0 radical (unpaired) electrons. The Balaban J connectivity index is 2.31. The third-order valence-corrected chi connectivity index (χ3v) is 3.79. The first-order chi connectivity index (χ1) is 8.50. The number of halogens is 1. The van der Waals surface area contributed by atoms with Crippen molar-refractivity contribution in [1.82, 2.24) is 4.90 Å². The van der Waals surface area contributed by atoms with Crippen LogP contribution in [0.2, 0.25) is 0 Å². The van der Waals surface area contributed by atoms with Crippen molar-refractivity contribution in [2.45, 2.75) is 25.9 Å².